The highest BCUT2D eigenvalue weighted by atomic mass is 35.5. The maximum Gasteiger partial charge on any atom is 0.271 e. The molecule has 4 rings (SSSR count). The molecule has 22 heavy (non-hydrogen) atoms. The third-order valence-corrected chi connectivity index (χ3v) is 3.04. The molecule has 0 aliphatic heterocycles. The maximum absolute atomic E-state index is 10.3. The lowest BCUT2D eigenvalue weighted by Crippen LogP contribution is -1.86. The Balaban J connectivity index is 0.000000133. The average molecular weight is 318 g/mol. The summed E-state index contributed by atoms with van der Waals surface area (Å²) in [5, 5.41) is 30.9. The van der Waals surface area contributed by atoms with E-state index in [0.29, 0.717) is 16.1 Å². The zero-order valence-corrected chi connectivity index (χ0v) is 11.7. The normalized spacial score (nSPS) is 10.4. The van der Waals surface area contributed by atoms with Crippen LogP contribution in [0.5, 0.6) is 0 Å². The standard InChI is InChI=1S/C6H4ClN3.C6H4N4O2/c7-4-1-2-5-6(3-4)9-10-8-5;11-10(12)4-1-2-5-6(3-4)8-9-7-5/h1-3H,(H,8,9,10);1-3H,(H,7,8,9). The second-order valence-corrected chi connectivity index (χ2v) is 4.68. The Hall–Kier alpha value is -3.07. The number of aromatic nitrogens is 6. The SMILES string of the molecule is Clc1ccc2[nH]nnc2c1.O=[N+]([O-])c1ccc2[nH]nnc2c1. The van der Waals surface area contributed by atoms with Gasteiger partial charge in [-0.15, -0.1) is 10.2 Å². The van der Waals surface area contributed by atoms with Crippen LogP contribution in [-0.4, -0.2) is 35.7 Å². The Morgan fingerprint density at radius 3 is 2.18 bits per heavy atom. The summed E-state index contributed by atoms with van der Waals surface area (Å²) in [7, 11) is 0. The smallest absolute Gasteiger partial charge is 0.258 e. The van der Waals surface area contributed by atoms with Crippen molar-refractivity contribution in [2.45, 2.75) is 0 Å². The largest absolute Gasteiger partial charge is 0.271 e. The number of nitrogens with zero attached hydrogens (tertiary/aromatic N) is 5. The quantitative estimate of drug-likeness (QED) is 0.410. The van der Waals surface area contributed by atoms with Crippen LogP contribution in [0.4, 0.5) is 5.69 Å². The minimum Gasteiger partial charge on any atom is -0.258 e. The van der Waals surface area contributed by atoms with Crippen LogP contribution < -0.4 is 0 Å². The van der Waals surface area contributed by atoms with Gasteiger partial charge < -0.3 is 0 Å². The number of hydrogen-bond acceptors (Lipinski definition) is 6. The van der Waals surface area contributed by atoms with Crippen molar-refractivity contribution in [2.24, 2.45) is 0 Å². The van der Waals surface area contributed by atoms with Crippen LogP contribution in [0.15, 0.2) is 36.4 Å². The Bertz CT molecular complexity index is 949. The summed E-state index contributed by atoms with van der Waals surface area (Å²) in [5.41, 5.74) is 2.93. The molecular formula is C12H8ClN7O2. The van der Waals surface area contributed by atoms with E-state index in [4.69, 9.17) is 11.6 Å². The Morgan fingerprint density at radius 1 is 0.955 bits per heavy atom. The number of nitrogens with one attached hydrogen (secondary N) is 2. The maximum atomic E-state index is 10.3. The zero-order chi connectivity index (χ0) is 15.5. The lowest BCUT2D eigenvalue weighted by molar-refractivity contribution is -0.384. The van der Waals surface area contributed by atoms with E-state index in [0.717, 1.165) is 11.0 Å². The van der Waals surface area contributed by atoms with Crippen molar-refractivity contribution in [2.75, 3.05) is 0 Å². The number of halogens is 1. The van der Waals surface area contributed by atoms with Gasteiger partial charge in [0, 0.05) is 17.2 Å². The minimum atomic E-state index is -0.464. The summed E-state index contributed by atoms with van der Waals surface area (Å²) in [5.74, 6) is 0. The number of H-pyrrole nitrogens is 2. The lowest BCUT2D eigenvalue weighted by atomic mass is 10.3. The van der Waals surface area contributed by atoms with Gasteiger partial charge in [0.1, 0.15) is 11.0 Å². The summed E-state index contributed by atoms with van der Waals surface area (Å²) in [6.45, 7) is 0. The topological polar surface area (TPSA) is 126 Å². The van der Waals surface area contributed by atoms with Crippen molar-refractivity contribution >= 4 is 39.4 Å². The molecule has 9 nitrogen and oxygen atoms in total. The average Bonchev–Trinajstić information content (AvgIpc) is 3.14. The van der Waals surface area contributed by atoms with Crippen LogP contribution in [0.2, 0.25) is 5.02 Å². The van der Waals surface area contributed by atoms with Gasteiger partial charge in [-0.2, -0.15) is 0 Å². The van der Waals surface area contributed by atoms with Crippen LogP contribution in [0.3, 0.4) is 0 Å². The van der Waals surface area contributed by atoms with E-state index in [2.05, 4.69) is 30.8 Å². The molecule has 110 valence electrons. The predicted octanol–water partition coefficient (Wildman–Crippen LogP) is 2.48. The first kappa shape index (κ1) is 13.9. The third kappa shape index (κ3) is 2.83. The van der Waals surface area contributed by atoms with E-state index in [9.17, 15) is 10.1 Å². The fourth-order valence-corrected chi connectivity index (χ4v) is 1.92. The van der Waals surface area contributed by atoms with Crippen molar-refractivity contribution in [1.82, 2.24) is 30.8 Å². The molecule has 0 saturated carbocycles. The van der Waals surface area contributed by atoms with Crippen LogP contribution >= 0.6 is 11.6 Å². The molecule has 2 N–H and O–H groups in total. The molecule has 4 aromatic rings. The van der Waals surface area contributed by atoms with Crippen LogP contribution in [0.1, 0.15) is 0 Å². The monoisotopic (exact) mass is 317 g/mol. The van der Waals surface area contributed by atoms with E-state index < -0.39 is 4.92 Å². The number of rotatable bonds is 1. The molecule has 0 spiro atoms. The van der Waals surface area contributed by atoms with Crippen LogP contribution in [0.25, 0.3) is 22.1 Å². The number of nitro benzene ring substituents is 1. The number of non-ortho nitro benzene ring substituents is 1. The molecule has 2 heterocycles. The third-order valence-electron chi connectivity index (χ3n) is 2.81. The van der Waals surface area contributed by atoms with Gasteiger partial charge in [0.2, 0.25) is 0 Å². The van der Waals surface area contributed by atoms with Gasteiger partial charge in [-0.1, -0.05) is 22.0 Å². The number of fused-ring (bicyclic) bond motifs is 2. The van der Waals surface area contributed by atoms with E-state index in [-0.39, 0.29) is 5.69 Å². The summed E-state index contributed by atoms with van der Waals surface area (Å²) in [4.78, 5) is 9.85. The summed E-state index contributed by atoms with van der Waals surface area (Å²) < 4.78 is 0. The van der Waals surface area contributed by atoms with Gasteiger partial charge in [0.05, 0.1) is 16.0 Å². The number of hydrogen-bond donors (Lipinski definition) is 2. The molecule has 0 bridgehead atoms. The number of aromatic amines is 2. The fourth-order valence-electron chi connectivity index (χ4n) is 1.76. The van der Waals surface area contributed by atoms with E-state index >= 15 is 0 Å². The molecule has 2 aromatic carbocycles. The van der Waals surface area contributed by atoms with Crippen LogP contribution in [-0.2, 0) is 0 Å². The molecule has 0 radical (unpaired) electrons. The van der Waals surface area contributed by atoms with Crippen molar-refractivity contribution in [3.63, 3.8) is 0 Å². The molecule has 0 amide bonds. The molecule has 0 saturated heterocycles. The van der Waals surface area contributed by atoms with Crippen molar-refractivity contribution in [3.05, 3.63) is 51.5 Å². The first-order valence-corrected chi connectivity index (χ1v) is 6.43. The minimum absolute atomic E-state index is 0.0244. The highest BCUT2D eigenvalue weighted by Gasteiger charge is 2.06. The highest BCUT2D eigenvalue weighted by molar-refractivity contribution is 6.31. The van der Waals surface area contributed by atoms with Gasteiger partial charge in [-0.05, 0) is 24.3 Å². The van der Waals surface area contributed by atoms with Gasteiger partial charge in [-0.3, -0.25) is 20.3 Å². The Labute approximate surface area is 127 Å². The summed E-state index contributed by atoms with van der Waals surface area (Å²) >= 11 is 5.69. The molecule has 0 fully saturated rings. The number of nitro groups is 1. The summed E-state index contributed by atoms with van der Waals surface area (Å²) in [6.07, 6.45) is 0. The predicted molar refractivity (Wildman–Crippen MR) is 79.4 cm³/mol. The van der Waals surface area contributed by atoms with Gasteiger partial charge in [-0.25, -0.2) is 0 Å². The van der Waals surface area contributed by atoms with Crippen molar-refractivity contribution in [1.29, 1.82) is 0 Å². The first-order valence-electron chi connectivity index (χ1n) is 6.05. The van der Waals surface area contributed by atoms with Crippen LogP contribution in [0, 0.1) is 10.1 Å². The van der Waals surface area contributed by atoms with E-state index in [1.54, 1.807) is 18.2 Å². The molecule has 0 aliphatic carbocycles. The summed E-state index contributed by atoms with van der Waals surface area (Å²) in [6, 6.07) is 9.76. The molecule has 0 atom stereocenters. The zero-order valence-electron chi connectivity index (χ0n) is 10.9. The lowest BCUT2D eigenvalue weighted by Gasteiger charge is -1.88. The fraction of sp³-hybridized carbons (Fsp3) is 0. The Morgan fingerprint density at radius 2 is 1.55 bits per heavy atom. The number of benzene rings is 2. The second-order valence-electron chi connectivity index (χ2n) is 4.24. The van der Waals surface area contributed by atoms with E-state index in [1.807, 2.05) is 6.07 Å². The molecule has 0 aliphatic rings. The molecule has 2 aromatic heterocycles. The second kappa shape index (κ2) is 5.74. The Kier molecular flexibility index (Phi) is 3.62. The van der Waals surface area contributed by atoms with Crippen molar-refractivity contribution in [3.8, 4) is 0 Å². The first-order chi connectivity index (χ1) is 10.6. The van der Waals surface area contributed by atoms with Gasteiger partial charge >= 0.3 is 0 Å². The highest BCUT2D eigenvalue weighted by Crippen LogP contribution is 2.16. The molecule has 10 heteroatoms. The van der Waals surface area contributed by atoms with Gasteiger partial charge in [0.15, 0.2) is 0 Å². The molecular weight excluding hydrogens is 310 g/mol. The molecule has 0 unspecified atom stereocenters. The van der Waals surface area contributed by atoms with Gasteiger partial charge in [0.25, 0.3) is 5.69 Å². The van der Waals surface area contributed by atoms with Crippen molar-refractivity contribution < 1.29 is 4.92 Å². The van der Waals surface area contributed by atoms with E-state index in [1.165, 1.54) is 12.1 Å².